The van der Waals surface area contributed by atoms with E-state index in [0.717, 1.165) is 6.54 Å². The van der Waals surface area contributed by atoms with Crippen LogP contribution in [0.25, 0.3) is 0 Å². The lowest BCUT2D eigenvalue weighted by atomic mass is 10.1. The van der Waals surface area contributed by atoms with E-state index in [4.69, 9.17) is 5.73 Å². The van der Waals surface area contributed by atoms with E-state index in [2.05, 4.69) is 23.6 Å². The summed E-state index contributed by atoms with van der Waals surface area (Å²) in [6, 6.07) is 0.655. The van der Waals surface area contributed by atoms with Crippen LogP contribution in [0, 0.1) is 0 Å². The Hall–Kier alpha value is 0.270. The normalized spacial score (nSPS) is 20.4. The first-order chi connectivity index (χ1) is 7.38. The van der Waals surface area contributed by atoms with E-state index in [9.17, 15) is 0 Å². The van der Waals surface area contributed by atoms with Gasteiger partial charge in [0, 0.05) is 37.2 Å². The molecule has 0 spiro atoms. The fourth-order valence-electron chi connectivity index (χ4n) is 2.20. The third-order valence-electron chi connectivity index (χ3n) is 3.23. The van der Waals surface area contributed by atoms with Crippen molar-refractivity contribution in [1.29, 1.82) is 0 Å². The molecule has 1 atom stereocenters. The van der Waals surface area contributed by atoms with Crippen LogP contribution in [0.3, 0.4) is 0 Å². The summed E-state index contributed by atoms with van der Waals surface area (Å²) in [7, 11) is 0. The van der Waals surface area contributed by atoms with Gasteiger partial charge in [-0.25, -0.2) is 0 Å². The molecule has 2 nitrogen and oxygen atoms in total. The highest BCUT2D eigenvalue weighted by Gasteiger charge is 2.18. The molecule has 0 aromatic rings. The van der Waals surface area contributed by atoms with E-state index in [1.165, 1.54) is 56.7 Å². The topological polar surface area (TPSA) is 29.3 Å². The number of hydrogen-bond donors (Lipinski definition) is 1. The molecular weight excluding hydrogens is 204 g/mol. The van der Waals surface area contributed by atoms with Crippen molar-refractivity contribution in [3.63, 3.8) is 0 Å². The van der Waals surface area contributed by atoms with Crippen molar-refractivity contribution in [3.05, 3.63) is 0 Å². The van der Waals surface area contributed by atoms with Crippen LogP contribution < -0.4 is 5.73 Å². The molecule has 1 aliphatic rings. The second-order valence-corrected chi connectivity index (χ2v) is 5.61. The molecule has 1 saturated heterocycles. The summed E-state index contributed by atoms with van der Waals surface area (Å²) in [5, 5.41) is 0. The molecule has 2 N–H and O–H groups in total. The van der Waals surface area contributed by atoms with E-state index >= 15 is 0 Å². The highest BCUT2D eigenvalue weighted by molar-refractivity contribution is 7.99. The zero-order valence-electron chi connectivity index (χ0n) is 10.1. The SMILES string of the molecule is CCCCCCC(CN)N1CCSCC1. The number of nitrogens with two attached hydrogens (primary N) is 1. The van der Waals surface area contributed by atoms with Crippen molar-refractivity contribution in [2.75, 3.05) is 31.1 Å². The Labute approximate surface area is 99.0 Å². The quantitative estimate of drug-likeness (QED) is 0.681. The van der Waals surface area contributed by atoms with Crippen molar-refractivity contribution in [2.45, 2.75) is 45.1 Å². The summed E-state index contributed by atoms with van der Waals surface area (Å²) in [5.74, 6) is 2.59. The Morgan fingerprint density at radius 3 is 2.53 bits per heavy atom. The molecule has 1 aliphatic heterocycles. The largest absolute Gasteiger partial charge is 0.329 e. The maximum absolute atomic E-state index is 5.87. The number of rotatable bonds is 7. The van der Waals surface area contributed by atoms with Gasteiger partial charge in [0.1, 0.15) is 0 Å². The van der Waals surface area contributed by atoms with Crippen LogP contribution in [0.1, 0.15) is 39.0 Å². The van der Waals surface area contributed by atoms with Gasteiger partial charge >= 0.3 is 0 Å². The Morgan fingerprint density at radius 2 is 1.93 bits per heavy atom. The van der Waals surface area contributed by atoms with Gasteiger partial charge in [-0.05, 0) is 6.42 Å². The van der Waals surface area contributed by atoms with Crippen LogP contribution in [-0.4, -0.2) is 42.1 Å². The summed E-state index contributed by atoms with van der Waals surface area (Å²) < 4.78 is 0. The molecule has 0 aromatic heterocycles. The second-order valence-electron chi connectivity index (χ2n) is 4.39. The lowest BCUT2D eigenvalue weighted by Crippen LogP contribution is -2.45. The lowest BCUT2D eigenvalue weighted by molar-refractivity contribution is 0.206. The molecule has 0 saturated carbocycles. The Bertz CT molecular complexity index is 147. The molecule has 1 rings (SSSR count). The fourth-order valence-corrected chi connectivity index (χ4v) is 3.13. The van der Waals surface area contributed by atoms with E-state index < -0.39 is 0 Å². The van der Waals surface area contributed by atoms with Crippen LogP contribution in [0.2, 0.25) is 0 Å². The van der Waals surface area contributed by atoms with E-state index in [1.807, 2.05) is 0 Å². The molecule has 0 bridgehead atoms. The van der Waals surface area contributed by atoms with Crippen molar-refractivity contribution < 1.29 is 0 Å². The van der Waals surface area contributed by atoms with Crippen LogP contribution >= 0.6 is 11.8 Å². The minimum atomic E-state index is 0.655. The molecule has 0 amide bonds. The van der Waals surface area contributed by atoms with Crippen molar-refractivity contribution in [2.24, 2.45) is 5.73 Å². The van der Waals surface area contributed by atoms with Crippen LogP contribution in [0.15, 0.2) is 0 Å². The number of unbranched alkanes of at least 4 members (excludes halogenated alkanes) is 3. The first kappa shape index (κ1) is 13.3. The van der Waals surface area contributed by atoms with Gasteiger partial charge in [-0.15, -0.1) is 0 Å². The zero-order valence-corrected chi connectivity index (χ0v) is 10.9. The van der Waals surface area contributed by atoms with Gasteiger partial charge in [-0.1, -0.05) is 32.6 Å². The van der Waals surface area contributed by atoms with Gasteiger partial charge in [0.2, 0.25) is 0 Å². The predicted octanol–water partition coefficient (Wildman–Crippen LogP) is 2.33. The van der Waals surface area contributed by atoms with Crippen molar-refractivity contribution in [3.8, 4) is 0 Å². The van der Waals surface area contributed by atoms with Gasteiger partial charge in [-0.3, -0.25) is 4.90 Å². The summed E-state index contributed by atoms with van der Waals surface area (Å²) in [5.41, 5.74) is 5.87. The van der Waals surface area contributed by atoms with Crippen molar-refractivity contribution in [1.82, 2.24) is 4.90 Å². The average Bonchev–Trinajstić information content (AvgIpc) is 2.30. The summed E-state index contributed by atoms with van der Waals surface area (Å²) in [6.07, 6.45) is 6.76. The summed E-state index contributed by atoms with van der Waals surface area (Å²) in [4.78, 5) is 2.60. The highest BCUT2D eigenvalue weighted by atomic mass is 32.2. The standard InChI is InChI=1S/C12H26N2S/c1-2-3-4-5-6-12(11-13)14-7-9-15-10-8-14/h12H,2-11,13H2,1H3. The maximum atomic E-state index is 5.87. The van der Waals surface area contributed by atoms with Crippen molar-refractivity contribution >= 4 is 11.8 Å². The van der Waals surface area contributed by atoms with E-state index in [-0.39, 0.29) is 0 Å². The summed E-state index contributed by atoms with van der Waals surface area (Å²) in [6.45, 7) is 5.61. The lowest BCUT2D eigenvalue weighted by Gasteiger charge is -2.33. The molecular formula is C12H26N2S. The monoisotopic (exact) mass is 230 g/mol. The molecule has 3 heteroatoms. The van der Waals surface area contributed by atoms with Crippen LogP contribution in [0.4, 0.5) is 0 Å². The van der Waals surface area contributed by atoms with Crippen LogP contribution in [-0.2, 0) is 0 Å². The third kappa shape index (κ3) is 5.23. The minimum absolute atomic E-state index is 0.655. The summed E-state index contributed by atoms with van der Waals surface area (Å²) >= 11 is 2.08. The molecule has 0 radical (unpaired) electrons. The Morgan fingerprint density at radius 1 is 1.20 bits per heavy atom. The zero-order chi connectivity index (χ0) is 10.9. The molecule has 1 fully saturated rings. The first-order valence-electron chi connectivity index (χ1n) is 6.40. The highest BCUT2D eigenvalue weighted by Crippen LogP contribution is 2.16. The Kier molecular flexibility index (Phi) is 7.49. The second kappa shape index (κ2) is 8.43. The van der Waals surface area contributed by atoms with Gasteiger partial charge in [0.15, 0.2) is 0 Å². The van der Waals surface area contributed by atoms with Gasteiger partial charge in [0.25, 0.3) is 0 Å². The van der Waals surface area contributed by atoms with Gasteiger partial charge in [-0.2, -0.15) is 11.8 Å². The molecule has 0 aliphatic carbocycles. The average molecular weight is 230 g/mol. The Balaban J connectivity index is 2.15. The number of hydrogen-bond acceptors (Lipinski definition) is 3. The third-order valence-corrected chi connectivity index (χ3v) is 4.17. The number of thioether (sulfide) groups is 1. The van der Waals surface area contributed by atoms with E-state index in [0.29, 0.717) is 6.04 Å². The predicted molar refractivity (Wildman–Crippen MR) is 70.5 cm³/mol. The maximum Gasteiger partial charge on any atom is 0.0219 e. The fraction of sp³-hybridized carbons (Fsp3) is 1.00. The van der Waals surface area contributed by atoms with Crippen LogP contribution in [0.5, 0.6) is 0 Å². The minimum Gasteiger partial charge on any atom is -0.329 e. The molecule has 0 aromatic carbocycles. The van der Waals surface area contributed by atoms with Gasteiger partial charge in [0.05, 0.1) is 0 Å². The molecule has 1 heterocycles. The first-order valence-corrected chi connectivity index (χ1v) is 7.55. The number of nitrogens with zero attached hydrogens (tertiary/aromatic N) is 1. The smallest absolute Gasteiger partial charge is 0.0219 e. The molecule has 1 unspecified atom stereocenters. The molecule has 90 valence electrons. The van der Waals surface area contributed by atoms with Gasteiger partial charge < -0.3 is 5.73 Å². The molecule has 15 heavy (non-hydrogen) atoms. The van der Waals surface area contributed by atoms with E-state index in [1.54, 1.807) is 0 Å².